The number of rotatable bonds is 7. The first-order valence-corrected chi connectivity index (χ1v) is 5.08. The van der Waals surface area contributed by atoms with Crippen molar-refractivity contribution in [2.24, 2.45) is 5.92 Å². The van der Waals surface area contributed by atoms with Crippen LogP contribution in [0.25, 0.3) is 0 Å². The van der Waals surface area contributed by atoms with Gasteiger partial charge in [0.25, 0.3) is 0 Å². The Hall–Kier alpha value is -0.610. The molecular weight excluding hydrogens is 180 g/mol. The van der Waals surface area contributed by atoms with Gasteiger partial charge >= 0.3 is 0 Å². The molecule has 0 heterocycles. The number of aliphatic hydroxyl groups excluding tert-OH is 1. The van der Waals surface area contributed by atoms with Crippen LogP contribution in [0.3, 0.4) is 0 Å². The van der Waals surface area contributed by atoms with Gasteiger partial charge in [-0.1, -0.05) is 6.92 Å². The Morgan fingerprint density at radius 1 is 1.50 bits per heavy atom. The van der Waals surface area contributed by atoms with Gasteiger partial charge in [0.2, 0.25) is 5.91 Å². The molecule has 0 radical (unpaired) electrons. The molecule has 0 spiro atoms. The van der Waals surface area contributed by atoms with E-state index in [0.29, 0.717) is 18.9 Å². The van der Waals surface area contributed by atoms with Gasteiger partial charge in [0.1, 0.15) is 0 Å². The molecule has 1 unspecified atom stereocenters. The molecular formula is C10H22N2O2. The highest BCUT2D eigenvalue weighted by Gasteiger charge is 2.05. The number of nitrogens with one attached hydrogen (secondary N) is 1. The molecule has 0 fully saturated rings. The minimum atomic E-state index is 0.0866. The van der Waals surface area contributed by atoms with Gasteiger partial charge in [-0.15, -0.1) is 0 Å². The van der Waals surface area contributed by atoms with Crippen molar-refractivity contribution in [3.63, 3.8) is 0 Å². The minimum Gasteiger partial charge on any atom is -0.396 e. The van der Waals surface area contributed by atoms with Gasteiger partial charge in [-0.2, -0.15) is 0 Å². The summed E-state index contributed by atoms with van der Waals surface area (Å²) in [5, 5.41) is 11.5. The molecule has 0 aromatic heterocycles. The van der Waals surface area contributed by atoms with Crippen LogP contribution in [-0.4, -0.2) is 49.7 Å². The van der Waals surface area contributed by atoms with Gasteiger partial charge in [0.05, 0.1) is 0 Å². The van der Waals surface area contributed by atoms with E-state index < -0.39 is 0 Å². The summed E-state index contributed by atoms with van der Waals surface area (Å²) in [6.45, 7) is 3.64. The number of hydrogen-bond donors (Lipinski definition) is 2. The quantitative estimate of drug-likeness (QED) is 0.614. The van der Waals surface area contributed by atoms with Crippen LogP contribution in [0.4, 0.5) is 0 Å². The zero-order valence-electron chi connectivity index (χ0n) is 9.42. The topological polar surface area (TPSA) is 52.6 Å². The van der Waals surface area contributed by atoms with E-state index in [9.17, 15) is 4.79 Å². The predicted octanol–water partition coefficient (Wildman–Crippen LogP) is 0.0728. The van der Waals surface area contributed by atoms with Gasteiger partial charge in [-0.05, 0) is 26.4 Å². The first kappa shape index (κ1) is 13.4. The van der Waals surface area contributed by atoms with E-state index in [1.165, 1.54) is 0 Å². The lowest BCUT2D eigenvalue weighted by atomic mass is 10.1. The number of carbonyl (C=O) groups is 1. The van der Waals surface area contributed by atoms with Crippen molar-refractivity contribution < 1.29 is 9.90 Å². The summed E-state index contributed by atoms with van der Waals surface area (Å²) >= 11 is 0. The Morgan fingerprint density at radius 3 is 2.64 bits per heavy atom. The first-order chi connectivity index (χ1) is 6.56. The molecule has 2 N–H and O–H groups in total. The van der Waals surface area contributed by atoms with E-state index >= 15 is 0 Å². The number of nitrogens with zero attached hydrogens (tertiary/aromatic N) is 1. The second-order valence-corrected chi connectivity index (χ2v) is 3.97. The van der Waals surface area contributed by atoms with Crippen LogP contribution in [0.15, 0.2) is 0 Å². The maximum Gasteiger partial charge on any atom is 0.221 e. The Kier molecular flexibility index (Phi) is 7.42. The highest BCUT2D eigenvalue weighted by atomic mass is 16.3. The van der Waals surface area contributed by atoms with E-state index in [-0.39, 0.29) is 12.5 Å². The zero-order chi connectivity index (χ0) is 11.0. The van der Waals surface area contributed by atoms with Crippen LogP contribution in [0.1, 0.15) is 19.8 Å². The van der Waals surface area contributed by atoms with Crippen LogP contribution in [0, 0.1) is 5.92 Å². The zero-order valence-corrected chi connectivity index (χ0v) is 9.42. The van der Waals surface area contributed by atoms with Crippen LogP contribution >= 0.6 is 0 Å². The van der Waals surface area contributed by atoms with Gasteiger partial charge in [0, 0.05) is 26.1 Å². The number of hydrogen-bond acceptors (Lipinski definition) is 3. The Labute approximate surface area is 86.3 Å². The Balaban J connectivity index is 3.43. The molecule has 0 aromatic rings. The van der Waals surface area contributed by atoms with Crippen molar-refractivity contribution in [3.8, 4) is 0 Å². The average molecular weight is 202 g/mol. The molecule has 4 heteroatoms. The monoisotopic (exact) mass is 202 g/mol. The highest BCUT2D eigenvalue weighted by molar-refractivity contribution is 5.76. The number of amides is 1. The molecule has 0 bridgehead atoms. The molecule has 0 rings (SSSR count). The van der Waals surface area contributed by atoms with Gasteiger partial charge in [0.15, 0.2) is 0 Å². The Morgan fingerprint density at radius 2 is 2.14 bits per heavy atom. The SMILES string of the molecule is CC(CCO)CNC(=O)CCN(C)C. The third kappa shape index (κ3) is 8.01. The van der Waals surface area contributed by atoms with Crippen molar-refractivity contribution in [1.82, 2.24) is 10.2 Å². The lowest BCUT2D eigenvalue weighted by Crippen LogP contribution is -2.31. The predicted molar refractivity (Wildman–Crippen MR) is 57.0 cm³/mol. The van der Waals surface area contributed by atoms with Crippen LogP contribution in [-0.2, 0) is 4.79 Å². The van der Waals surface area contributed by atoms with E-state index in [4.69, 9.17) is 5.11 Å². The summed E-state index contributed by atoms with van der Waals surface area (Å²) in [4.78, 5) is 13.2. The van der Waals surface area contributed by atoms with Gasteiger partial charge in [-0.3, -0.25) is 4.79 Å². The summed E-state index contributed by atoms with van der Waals surface area (Å²) < 4.78 is 0. The van der Waals surface area contributed by atoms with Crippen molar-refractivity contribution in [2.75, 3.05) is 33.8 Å². The second-order valence-electron chi connectivity index (χ2n) is 3.97. The number of aliphatic hydroxyl groups is 1. The van der Waals surface area contributed by atoms with Crippen LogP contribution in [0.5, 0.6) is 0 Å². The van der Waals surface area contributed by atoms with Gasteiger partial charge < -0.3 is 15.3 Å². The normalized spacial score (nSPS) is 12.9. The highest BCUT2D eigenvalue weighted by Crippen LogP contribution is 1.98. The lowest BCUT2D eigenvalue weighted by molar-refractivity contribution is -0.121. The standard InChI is InChI=1S/C10H22N2O2/c1-9(5-7-13)8-11-10(14)4-6-12(2)3/h9,13H,4-8H2,1-3H3,(H,11,14). The molecule has 4 nitrogen and oxygen atoms in total. The summed E-state index contributed by atoms with van der Waals surface area (Å²) in [5.41, 5.74) is 0. The average Bonchev–Trinajstić information content (AvgIpc) is 2.12. The maximum absolute atomic E-state index is 11.3. The molecule has 0 saturated heterocycles. The fourth-order valence-corrected chi connectivity index (χ4v) is 1.02. The smallest absolute Gasteiger partial charge is 0.221 e. The van der Waals surface area contributed by atoms with E-state index in [1.54, 1.807) is 0 Å². The van der Waals surface area contributed by atoms with Crippen molar-refractivity contribution in [1.29, 1.82) is 0 Å². The molecule has 0 aliphatic heterocycles. The van der Waals surface area contributed by atoms with E-state index in [0.717, 1.165) is 13.0 Å². The molecule has 1 atom stereocenters. The van der Waals surface area contributed by atoms with Crippen molar-refractivity contribution in [3.05, 3.63) is 0 Å². The molecule has 0 saturated carbocycles. The van der Waals surface area contributed by atoms with E-state index in [1.807, 2.05) is 25.9 Å². The third-order valence-electron chi connectivity index (χ3n) is 2.06. The fraction of sp³-hybridized carbons (Fsp3) is 0.900. The summed E-state index contributed by atoms with van der Waals surface area (Å²) in [5.74, 6) is 0.437. The van der Waals surface area contributed by atoms with Crippen LogP contribution in [0.2, 0.25) is 0 Å². The third-order valence-corrected chi connectivity index (χ3v) is 2.06. The minimum absolute atomic E-state index is 0.0866. The molecule has 84 valence electrons. The van der Waals surface area contributed by atoms with Crippen molar-refractivity contribution in [2.45, 2.75) is 19.8 Å². The Bertz CT molecular complexity index is 160. The second kappa shape index (κ2) is 7.76. The molecule has 0 aromatic carbocycles. The molecule has 14 heavy (non-hydrogen) atoms. The summed E-state index contributed by atoms with van der Waals surface area (Å²) in [7, 11) is 3.89. The summed E-state index contributed by atoms with van der Waals surface area (Å²) in [6.07, 6.45) is 1.28. The first-order valence-electron chi connectivity index (χ1n) is 5.08. The van der Waals surface area contributed by atoms with Crippen LogP contribution < -0.4 is 5.32 Å². The number of carbonyl (C=O) groups excluding carboxylic acids is 1. The maximum atomic E-state index is 11.3. The van der Waals surface area contributed by atoms with Gasteiger partial charge in [-0.25, -0.2) is 0 Å². The molecule has 1 amide bonds. The molecule has 0 aliphatic rings. The van der Waals surface area contributed by atoms with Crippen molar-refractivity contribution >= 4 is 5.91 Å². The summed E-state index contributed by atoms with van der Waals surface area (Å²) in [6, 6.07) is 0. The van der Waals surface area contributed by atoms with E-state index in [2.05, 4.69) is 5.32 Å². The molecule has 0 aliphatic carbocycles. The lowest BCUT2D eigenvalue weighted by Gasteiger charge is -2.12. The largest absolute Gasteiger partial charge is 0.396 e. The fourth-order valence-electron chi connectivity index (χ4n) is 1.02.